The summed E-state index contributed by atoms with van der Waals surface area (Å²) < 4.78 is 18.4. The third kappa shape index (κ3) is 4.74. The second-order valence-electron chi connectivity index (χ2n) is 5.91. The van der Waals surface area contributed by atoms with Gasteiger partial charge in [-0.1, -0.05) is 30.3 Å². The van der Waals surface area contributed by atoms with Gasteiger partial charge >= 0.3 is 0 Å². The van der Waals surface area contributed by atoms with Crippen LogP contribution in [0.3, 0.4) is 0 Å². The zero-order valence-corrected chi connectivity index (χ0v) is 14.2. The Balaban J connectivity index is 1.31. The molecule has 3 nitrogen and oxygen atoms in total. The average Bonchev–Trinajstić information content (AvgIpc) is 2.56. The van der Waals surface area contributed by atoms with Crippen molar-refractivity contribution in [1.82, 2.24) is 4.90 Å². The molecule has 1 saturated heterocycles. The summed E-state index contributed by atoms with van der Waals surface area (Å²) in [5, 5.41) is 0. The summed E-state index contributed by atoms with van der Waals surface area (Å²) in [4.78, 5) is 14.0. The van der Waals surface area contributed by atoms with Crippen LogP contribution >= 0.6 is 11.8 Å². The van der Waals surface area contributed by atoms with Crippen LogP contribution < -0.4 is 4.74 Å². The number of rotatable bonds is 7. The van der Waals surface area contributed by atoms with Crippen LogP contribution in [-0.4, -0.2) is 36.3 Å². The smallest absolute Gasteiger partial charge is 0.232 e. The number of carbonyl (C=O) groups excluding carboxylic acids is 1. The fourth-order valence-electron chi connectivity index (χ4n) is 2.55. The average molecular weight is 345 g/mol. The molecule has 0 unspecified atom stereocenters. The second-order valence-corrected chi connectivity index (χ2v) is 6.89. The van der Waals surface area contributed by atoms with Gasteiger partial charge in [-0.2, -0.15) is 0 Å². The summed E-state index contributed by atoms with van der Waals surface area (Å²) in [5.74, 6) is 2.32. The van der Waals surface area contributed by atoms with E-state index in [2.05, 4.69) is 12.1 Å². The molecule has 1 amide bonds. The quantitative estimate of drug-likeness (QED) is 0.768. The van der Waals surface area contributed by atoms with Crippen LogP contribution in [-0.2, 0) is 10.5 Å². The Hall–Kier alpha value is -2.01. The highest BCUT2D eigenvalue weighted by Gasteiger charge is 2.30. The predicted octanol–water partition coefficient (Wildman–Crippen LogP) is 3.60. The molecule has 3 rings (SSSR count). The molecule has 2 aromatic rings. The molecule has 0 spiro atoms. The lowest BCUT2D eigenvalue weighted by atomic mass is 10.0. The molecule has 0 bridgehead atoms. The molecule has 0 aliphatic carbocycles. The normalized spacial score (nSPS) is 14.3. The number of amides is 1. The van der Waals surface area contributed by atoms with E-state index < -0.39 is 0 Å². The lowest BCUT2D eigenvalue weighted by Crippen LogP contribution is -2.52. The molecule has 1 heterocycles. The van der Waals surface area contributed by atoms with Crippen molar-refractivity contribution < 1.29 is 13.9 Å². The maximum Gasteiger partial charge on any atom is 0.232 e. The van der Waals surface area contributed by atoms with E-state index in [1.165, 1.54) is 17.7 Å². The molecule has 1 aliphatic heterocycles. The third-order valence-corrected chi connectivity index (χ3v) is 4.93. The first-order valence-electron chi connectivity index (χ1n) is 7.98. The van der Waals surface area contributed by atoms with Gasteiger partial charge in [-0.05, 0) is 29.8 Å². The number of thioether (sulfide) groups is 1. The molecule has 0 aromatic heterocycles. The van der Waals surface area contributed by atoms with Crippen molar-refractivity contribution in [3.63, 3.8) is 0 Å². The van der Waals surface area contributed by atoms with Gasteiger partial charge in [-0.3, -0.25) is 4.79 Å². The second kappa shape index (κ2) is 8.20. The van der Waals surface area contributed by atoms with Crippen LogP contribution in [0.4, 0.5) is 4.39 Å². The topological polar surface area (TPSA) is 29.5 Å². The lowest BCUT2D eigenvalue weighted by Gasteiger charge is -2.39. The van der Waals surface area contributed by atoms with Crippen LogP contribution in [0, 0.1) is 11.7 Å². The first-order valence-corrected chi connectivity index (χ1v) is 9.14. The van der Waals surface area contributed by atoms with Crippen molar-refractivity contribution >= 4 is 17.7 Å². The summed E-state index contributed by atoms with van der Waals surface area (Å²) >= 11 is 1.65. The predicted molar refractivity (Wildman–Crippen MR) is 94.6 cm³/mol. The van der Waals surface area contributed by atoms with Crippen molar-refractivity contribution in [2.75, 3.05) is 25.4 Å². The van der Waals surface area contributed by atoms with E-state index in [0.29, 0.717) is 24.0 Å². The van der Waals surface area contributed by atoms with Gasteiger partial charge in [0.2, 0.25) is 5.91 Å². The van der Waals surface area contributed by atoms with Crippen LogP contribution in [0.25, 0.3) is 0 Å². The Bertz CT molecular complexity index is 657. The molecule has 24 heavy (non-hydrogen) atoms. The Morgan fingerprint density at radius 1 is 1.12 bits per heavy atom. The molecule has 126 valence electrons. The van der Waals surface area contributed by atoms with Gasteiger partial charge in [0.1, 0.15) is 11.6 Å². The van der Waals surface area contributed by atoms with Crippen LogP contribution in [0.5, 0.6) is 5.75 Å². The number of hydrogen-bond donors (Lipinski definition) is 0. The van der Waals surface area contributed by atoms with E-state index >= 15 is 0 Å². The molecule has 1 aliphatic rings. The highest BCUT2D eigenvalue weighted by molar-refractivity contribution is 7.99. The summed E-state index contributed by atoms with van der Waals surface area (Å²) in [6.07, 6.45) is 0. The Kier molecular flexibility index (Phi) is 5.75. The van der Waals surface area contributed by atoms with Crippen molar-refractivity contribution in [3.05, 3.63) is 66.0 Å². The van der Waals surface area contributed by atoms with Crippen LogP contribution in [0.2, 0.25) is 0 Å². The SMILES string of the molecule is O=C(CSCc1ccccc1)N1CC(COc2ccc(F)cc2)C1. The molecule has 0 N–H and O–H groups in total. The minimum absolute atomic E-state index is 0.189. The Labute approximate surface area is 145 Å². The molecule has 2 aromatic carbocycles. The van der Waals surface area contributed by atoms with Crippen molar-refractivity contribution in [1.29, 1.82) is 0 Å². The maximum absolute atomic E-state index is 12.8. The third-order valence-electron chi connectivity index (χ3n) is 3.95. The molecule has 0 radical (unpaired) electrons. The van der Waals surface area contributed by atoms with Gasteiger partial charge in [-0.15, -0.1) is 11.8 Å². The monoisotopic (exact) mass is 345 g/mol. The van der Waals surface area contributed by atoms with E-state index in [1.54, 1.807) is 23.9 Å². The van der Waals surface area contributed by atoms with Gasteiger partial charge in [0.25, 0.3) is 0 Å². The Morgan fingerprint density at radius 3 is 2.54 bits per heavy atom. The molecular formula is C19H20FNO2S. The minimum atomic E-state index is -0.268. The van der Waals surface area contributed by atoms with Crippen molar-refractivity contribution in [3.8, 4) is 5.75 Å². The summed E-state index contributed by atoms with van der Waals surface area (Å²) in [6, 6.07) is 16.2. The first-order chi connectivity index (χ1) is 11.7. The van der Waals surface area contributed by atoms with Gasteiger partial charge in [-0.25, -0.2) is 4.39 Å². The molecule has 0 atom stereocenters. The number of halogens is 1. The first kappa shape index (κ1) is 16.8. The lowest BCUT2D eigenvalue weighted by molar-refractivity contribution is -0.135. The van der Waals surface area contributed by atoms with E-state index in [1.807, 2.05) is 23.1 Å². The number of benzene rings is 2. The zero-order valence-electron chi connectivity index (χ0n) is 13.4. The standard InChI is InChI=1S/C19H20FNO2S/c20-17-6-8-18(9-7-17)23-12-16-10-21(11-16)19(22)14-24-13-15-4-2-1-3-5-15/h1-9,16H,10-14H2. The maximum atomic E-state index is 12.8. The highest BCUT2D eigenvalue weighted by atomic mass is 32.2. The van der Waals surface area contributed by atoms with Gasteiger partial charge < -0.3 is 9.64 Å². The minimum Gasteiger partial charge on any atom is -0.493 e. The van der Waals surface area contributed by atoms with E-state index in [-0.39, 0.29) is 11.7 Å². The molecular weight excluding hydrogens is 325 g/mol. The van der Waals surface area contributed by atoms with E-state index in [4.69, 9.17) is 4.74 Å². The fraction of sp³-hybridized carbons (Fsp3) is 0.316. The van der Waals surface area contributed by atoms with E-state index in [0.717, 1.165) is 18.8 Å². The largest absolute Gasteiger partial charge is 0.493 e. The molecule has 5 heteroatoms. The van der Waals surface area contributed by atoms with Crippen molar-refractivity contribution in [2.24, 2.45) is 5.92 Å². The van der Waals surface area contributed by atoms with Gasteiger partial charge in [0.15, 0.2) is 0 Å². The number of carbonyl (C=O) groups is 1. The summed E-state index contributed by atoms with van der Waals surface area (Å²) in [6.45, 7) is 2.05. The van der Waals surface area contributed by atoms with Gasteiger partial charge in [0, 0.05) is 24.8 Å². The van der Waals surface area contributed by atoms with Gasteiger partial charge in [0.05, 0.1) is 12.4 Å². The summed E-state index contributed by atoms with van der Waals surface area (Å²) in [7, 11) is 0. The van der Waals surface area contributed by atoms with E-state index in [9.17, 15) is 9.18 Å². The highest BCUT2D eigenvalue weighted by Crippen LogP contribution is 2.20. The van der Waals surface area contributed by atoms with Crippen molar-refractivity contribution in [2.45, 2.75) is 5.75 Å². The Morgan fingerprint density at radius 2 is 1.83 bits per heavy atom. The van der Waals surface area contributed by atoms with Crippen LogP contribution in [0.15, 0.2) is 54.6 Å². The molecule has 1 fully saturated rings. The fourth-order valence-corrected chi connectivity index (χ4v) is 3.43. The number of nitrogens with zero attached hydrogens (tertiary/aromatic N) is 1. The summed E-state index contributed by atoms with van der Waals surface area (Å²) in [5.41, 5.74) is 1.24. The number of hydrogen-bond acceptors (Lipinski definition) is 3. The number of ether oxygens (including phenoxy) is 1. The van der Waals surface area contributed by atoms with Crippen LogP contribution in [0.1, 0.15) is 5.56 Å². The zero-order chi connectivity index (χ0) is 16.8. The molecule has 0 saturated carbocycles. The number of likely N-dealkylation sites (tertiary alicyclic amines) is 1.